The number of aromatic amines is 1. The number of Topliss-reactive ketones (excluding diaryl/α,β-unsaturated/α-hetero) is 1. The summed E-state index contributed by atoms with van der Waals surface area (Å²) in [5.74, 6) is -0.716. The molecule has 1 N–H and O–H groups in total. The molecule has 0 atom stereocenters. The van der Waals surface area contributed by atoms with E-state index >= 15 is 0 Å². The highest BCUT2D eigenvalue weighted by Crippen LogP contribution is 2.31. The van der Waals surface area contributed by atoms with E-state index in [1.165, 1.54) is 6.07 Å². The minimum Gasteiger partial charge on any atom is -0.477 e. The van der Waals surface area contributed by atoms with Crippen LogP contribution in [0.4, 0.5) is 5.82 Å². The van der Waals surface area contributed by atoms with E-state index in [2.05, 4.69) is 9.97 Å². The summed E-state index contributed by atoms with van der Waals surface area (Å²) in [5.41, 5.74) is 3.39. The molecule has 2 aromatic heterocycles. The third kappa shape index (κ3) is 3.58. The Morgan fingerprint density at radius 3 is 2.55 bits per heavy atom. The highest BCUT2D eigenvalue weighted by molar-refractivity contribution is 6.13. The second-order valence-corrected chi connectivity index (χ2v) is 6.53. The summed E-state index contributed by atoms with van der Waals surface area (Å²) in [5, 5.41) is 12.0. The van der Waals surface area contributed by atoms with Crippen LogP contribution in [0.5, 0.6) is 5.75 Å². The molecule has 0 radical (unpaired) electrons. The lowest BCUT2D eigenvalue weighted by molar-refractivity contribution is -0.390. The fraction of sp³-hybridized carbons (Fsp3) is 0.0909. The zero-order valence-electron chi connectivity index (χ0n) is 15.6. The van der Waals surface area contributed by atoms with Crippen LogP contribution in [-0.2, 0) is 0 Å². The zero-order chi connectivity index (χ0) is 20.4. The quantitative estimate of drug-likeness (QED) is 0.293. The lowest BCUT2D eigenvalue weighted by atomic mass is 10.0. The molecule has 0 fully saturated rings. The van der Waals surface area contributed by atoms with Crippen LogP contribution in [0.15, 0.2) is 66.7 Å². The second-order valence-electron chi connectivity index (χ2n) is 6.53. The van der Waals surface area contributed by atoms with Gasteiger partial charge in [0.25, 0.3) is 0 Å². The van der Waals surface area contributed by atoms with E-state index in [0.29, 0.717) is 17.0 Å². The van der Waals surface area contributed by atoms with Gasteiger partial charge in [0.05, 0.1) is 11.3 Å². The van der Waals surface area contributed by atoms with Crippen LogP contribution in [0, 0.1) is 17.0 Å². The first-order valence-electron chi connectivity index (χ1n) is 8.99. The van der Waals surface area contributed by atoms with Crippen molar-refractivity contribution in [3.8, 4) is 17.0 Å². The van der Waals surface area contributed by atoms with Crippen molar-refractivity contribution < 1.29 is 14.5 Å². The molecule has 0 aliphatic carbocycles. The van der Waals surface area contributed by atoms with Crippen molar-refractivity contribution in [3.05, 3.63) is 88.1 Å². The van der Waals surface area contributed by atoms with Crippen molar-refractivity contribution in [1.29, 1.82) is 0 Å². The lowest BCUT2D eigenvalue weighted by Gasteiger charge is -2.08. The molecule has 0 saturated carbocycles. The summed E-state index contributed by atoms with van der Waals surface area (Å²) in [4.78, 5) is 30.9. The monoisotopic (exact) mass is 387 g/mol. The predicted molar refractivity (Wildman–Crippen MR) is 109 cm³/mol. The SMILES string of the molecule is Cc1ccc(OCC(=O)c2c(-c3ccccc3)[nH]c3ccccc23)c([N+](=O)[O-])n1. The summed E-state index contributed by atoms with van der Waals surface area (Å²) in [7, 11) is 0. The number of benzene rings is 2. The fourth-order valence-electron chi connectivity index (χ4n) is 3.24. The first-order valence-corrected chi connectivity index (χ1v) is 8.99. The number of H-pyrrole nitrogens is 1. The standard InChI is InChI=1S/C22H17N3O4/c1-14-11-12-19(22(23-14)25(27)28)29-13-18(26)20-16-9-5-6-10-17(16)24-21(20)15-7-3-2-4-8-15/h2-12,24H,13H2,1H3. The van der Waals surface area contributed by atoms with Crippen molar-refractivity contribution in [1.82, 2.24) is 9.97 Å². The molecular formula is C22H17N3O4. The number of aromatic nitrogens is 2. The average molecular weight is 387 g/mol. The van der Waals surface area contributed by atoms with Gasteiger partial charge in [-0.2, -0.15) is 0 Å². The van der Waals surface area contributed by atoms with Crippen molar-refractivity contribution in [2.75, 3.05) is 6.61 Å². The Morgan fingerprint density at radius 1 is 1.07 bits per heavy atom. The Bertz CT molecular complexity index is 1220. The molecule has 0 aliphatic heterocycles. The number of para-hydroxylation sites is 1. The number of nitrogens with zero attached hydrogens (tertiary/aromatic N) is 2. The fourth-order valence-corrected chi connectivity index (χ4v) is 3.24. The van der Waals surface area contributed by atoms with Crippen LogP contribution in [-0.4, -0.2) is 27.3 Å². The Balaban J connectivity index is 1.70. The van der Waals surface area contributed by atoms with Crippen LogP contribution in [0.25, 0.3) is 22.2 Å². The number of hydrogen-bond donors (Lipinski definition) is 1. The molecule has 0 saturated heterocycles. The van der Waals surface area contributed by atoms with Crippen LogP contribution < -0.4 is 4.74 Å². The molecule has 4 aromatic rings. The predicted octanol–water partition coefficient (Wildman–Crippen LogP) is 4.71. The number of ether oxygens (including phenoxy) is 1. The number of hydrogen-bond acceptors (Lipinski definition) is 5. The maximum Gasteiger partial charge on any atom is 0.406 e. The molecule has 29 heavy (non-hydrogen) atoms. The van der Waals surface area contributed by atoms with E-state index in [9.17, 15) is 14.9 Å². The first-order chi connectivity index (χ1) is 14.0. The van der Waals surface area contributed by atoms with Crippen molar-refractivity contribution in [2.24, 2.45) is 0 Å². The van der Waals surface area contributed by atoms with Gasteiger partial charge in [0.1, 0.15) is 5.69 Å². The molecule has 0 amide bonds. The van der Waals surface area contributed by atoms with Gasteiger partial charge in [-0.3, -0.25) is 4.79 Å². The maximum atomic E-state index is 13.1. The maximum absolute atomic E-state index is 13.1. The van der Waals surface area contributed by atoms with E-state index in [0.717, 1.165) is 16.5 Å². The van der Waals surface area contributed by atoms with Crippen molar-refractivity contribution >= 4 is 22.5 Å². The number of nitro groups is 1. The third-order valence-electron chi connectivity index (χ3n) is 4.56. The summed E-state index contributed by atoms with van der Waals surface area (Å²) in [6, 6.07) is 20.1. The Kier molecular flexibility index (Phi) is 4.78. The topological polar surface area (TPSA) is 98.1 Å². The molecule has 4 rings (SSSR count). The Labute approximate surface area is 166 Å². The van der Waals surface area contributed by atoms with Gasteiger partial charge in [-0.05, 0) is 33.7 Å². The molecule has 0 unspecified atom stereocenters. The van der Waals surface area contributed by atoms with E-state index < -0.39 is 10.7 Å². The van der Waals surface area contributed by atoms with Gasteiger partial charge in [0.15, 0.2) is 6.61 Å². The summed E-state index contributed by atoms with van der Waals surface area (Å²) in [6.45, 7) is 1.31. The van der Waals surface area contributed by atoms with Gasteiger partial charge in [-0.15, -0.1) is 0 Å². The third-order valence-corrected chi connectivity index (χ3v) is 4.56. The minimum absolute atomic E-state index is 0.0324. The lowest BCUT2D eigenvalue weighted by Crippen LogP contribution is -2.13. The summed E-state index contributed by atoms with van der Waals surface area (Å²) < 4.78 is 5.51. The number of aryl methyl sites for hydroxylation is 1. The molecule has 2 heterocycles. The number of carbonyl (C=O) groups is 1. The molecule has 2 aromatic carbocycles. The highest BCUT2D eigenvalue weighted by Gasteiger charge is 2.22. The van der Waals surface area contributed by atoms with Gasteiger partial charge >= 0.3 is 5.82 Å². The smallest absolute Gasteiger partial charge is 0.406 e. The number of pyridine rings is 1. The van der Waals surface area contributed by atoms with Crippen LogP contribution >= 0.6 is 0 Å². The van der Waals surface area contributed by atoms with Crippen LogP contribution in [0.1, 0.15) is 16.1 Å². The summed E-state index contributed by atoms with van der Waals surface area (Å²) >= 11 is 0. The van der Waals surface area contributed by atoms with Gasteiger partial charge in [0.2, 0.25) is 11.5 Å². The molecule has 7 heteroatoms. The normalized spacial score (nSPS) is 10.8. The van der Waals surface area contributed by atoms with Crippen molar-refractivity contribution in [3.63, 3.8) is 0 Å². The zero-order valence-corrected chi connectivity index (χ0v) is 15.6. The van der Waals surface area contributed by atoms with Gasteiger partial charge < -0.3 is 19.8 Å². The molecular weight excluding hydrogens is 370 g/mol. The number of carbonyl (C=O) groups excluding carboxylic acids is 1. The molecule has 7 nitrogen and oxygen atoms in total. The van der Waals surface area contributed by atoms with E-state index in [4.69, 9.17) is 4.74 Å². The molecule has 0 bridgehead atoms. The van der Waals surface area contributed by atoms with Gasteiger partial charge in [-0.25, -0.2) is 0 Å². The molecule has 0 spiro atoms. The first kappa shape index (κ1) is 18.4. The minimum atomic E-state index is -0.617. The molecule has 0 aliphatic rings. The van der Waals surface area contributed by atoms with Gasteiger partial charge in [0, 0.05) is 17.8 Å². The number of nitrogens with one attached hydrogen (secondary N) is 1. The Hall–Kier alpha value is -4.00. The number of rotatable bonds is 6. The largest absolute Gasteiger partial charge is 0.477 e. The Morgan fingerprint density at radius 2 is 1.79 bits per heavy atom. The number of fused-ring (bicyclic) bond motifs is 1. The van der Waals surface area contributed by atoms with E-state index in [1.54, 1.807) is 13.0 Å². The van der Waals surface area contributed by atoms with Gasteiger partial charge in [-0.1, -0.05) is 48.5 Å². The highest BCUT2D eigenvalue weighted by atomic mass is 16.6. The second kappa shape index (κ2) is 7.55. The van der Waals surface area contributed by atoms with E-state index in [-0.39, 0.29) is 18.1 Å². The van der Waals surface area contributed by atoms with Crippen LogP contribution in [0.3, 0.4) is 0 Å². The number of ketones is 1. The average Bonchev–Trinajstić information content (AvgIpc) is 3.13. The summed E-state index contributed by atoms with van der Waals surface area (Å²) in [6.07, 6.45) is 0. The van der Waals surface area contributed by atoms with E-state index in [1.807, 2.05) is 54.6 Å². The van der Waals surface area contributed by atoms with Crippen LogP contribution in [0.2, 0.25) is 0 Å². The van der Waals surface area contributed by atoms with Crippen molar-refractivity contribution in [2.45, 2.75) is 6.92 Å². The molecule has 144 valence electrons.